The number of rotatable bonds is 1. The zero-order chi connectivity index (χ0) is 8.97. The molecule has 0 saturated carbocycles. The number of halogens is 1. The first-order valence-corrected chi connectivity index (χ1v) is 4.41. The van der Waals surface area contributed by atoms with Gasteiger partial charge < -0.3 is 0 Å². The van der Waals surface area contributed by atoms with Gasteiger partial charge in [-0.3, -0.25) is 4.99 Å². The van der Waals surface area contributed by atoms with Crippen molar-refractivity contribution in [1.82, 2.24) is 0 Å². The highest BCUT2D eigenvalue weighted by Crippen LogP contribution is 2.21. The molecular formula is C9H10FNS. The molecule has 0 amide bonds. The van der Waals surface area contributed by atoms with Crippen LogP contribution < -0.4 is 0 Å². The van der Waals surface area contributed by atoms with E-state index < -0.39 is 0 Å². The molecule has 0 aromatic heterocycles. The monoisotopic (exact) mass is 183 g/mol. The van der Waals surface area contributed by atoms with Crippen LogP contribution in [0.15, 0.2) is 34.2 Å². The van der Waals surface area contributed by atoms with Gasteiger partial charge in [0.2, 0.25) is 0 Å². The van der Waals surface area contributed by atoms with E-state index in [9.17, 15) is 4.39 Å². The van der Waals surface area contributed by atoms with E-state index in [0.29, 0.717) is 4.90 Å². The number of thioether (sulfide) groups is 1. The summed E-state index contributed by atoms with van der Waals surface area (Å²) in [5, 5.41) is 0.861. The minimum Gasteiger partial charge on any atom is -0.286 e. The summed E-state index contributed by atoms with van der Waals surface area (Å²) >= 11 is 1.35. The lowest BCUT2D eigenvalue weighted by Gasteiger charge is -2.00. The van der Waals surface area contributed by atoms with Crippen molar-refractivity contribution >= 4 is 16.8 Å². The van der Waals surface area contributed by atoms with Gasteiger partial charge >= 0.3 is 0 Å². The van der Waals surface area contributed by atoms with Crippen molar-refractivity contribution in [2.45, 2.75) is 11.8 Å². The molecule has 0 heterocycles. The molecule has 0 radical (unpaired) electrons. The van der Waals surface area contributed by atoms with E-state index in [0.717, 1.165) is 5.04 Å². The first-order chi connectivity index (χ1) is 5.74. The Balaban J connectivity index is 2.82. The van der Waals surface area contributed by atoms with Crippen LogP contribution in [0.4, 0.5) is 4.39 Å². The van der Waals surface area contributed by atoms with Gasteiger partial charge in [0.05, 0.1) is 5.04 Å². The third-order valence-corrected chi connectivity index (χ3v) is 2.44. The van der Waals surface area contributed by atoms with Crippen LogP contribution in [-0.2, 0) is 0 Å². The standard InChI is InChI=1S/C9H10FNS/c1-7(11-2)12-9-6-4-3-5-8(9)10/h3-6H,1-2H3. The van der Waals surface area contributed by atoms with Gasteiger partial charge in [0.15, 0.2) is 0 Å². The Hall–Kier alpha value is -0.830. The van der Waals surface area contributed by atoms with E-state index in [1.165, 1.54) is 17.8 Å². The van der Waals surface area contributed by atoms with Gasteiger partial charge in [-0.25, -0.2) is 4.39 Å². The number of hydrogen-bond donors (Lipinski definition) is 0. The van der Waals surface area contributed by atoms with Gasteiger partial charge in [-0.1, -0.05) is 23.9 Å². The van der Waals surface area contributed by atoms with Crippen LogP contribution in [0.3, 0.4) is 0 Å². The van der Waals surface area contributed by atoms with Crippen molar-refractivity contribution in [1.29, 1.82) is 0 Å². The Labute approximate surface area is 75.7 Å². The van der Waals surface area contributed by atoms with Crippen LogP contribution in [0.25, 0.3) is 0 Å². The van der Waals surface area contributed by atoms with Crippen LogP contribution in [-0.4, -0.2) is 12.1 Å². The first kappa shape index (κ1) is 9.26. The highest BCUT2D eigenvalue weighted by atomic mass is 32.2. The predicted octanol–water partition coefficient (Wildman–Crippen LogP) is 2.97. The second-order valence-corrected chi connectivity index (χ2v) is 3.51. The lowest BCUT2D eigenvalue weighted by molar-refractivity contribution is 0.602. The quantitative estimate of drug-likeness (QED) is 0.370. The highest BCUT2D eigenvalue weighted by molar-refractivity contribution is 8.13. The van der Waals surface area contributed by atoms with Crippen molar-refractivity contribution in [3.05, 3.63) is 30.1 Å². The van der Waals surface area contributed by atoms with Crippen LogP contribution >= 0.6 is 11.8 Å². The summed E-state index contributed by atoms with van der Waals surface area (Å²) in [5.74, 6) is -0.189. The molecule has 0 N–H and O–H groups in total. The lowest BCUT2D eigenvalue weighted by atomic mass is 10.3. The van der Waals surface area contributed by atoms with Gasteiger partial charge in [-0.2, -0.15) is 0 Å². The van der Waals surface area contributed by atoms with Crippen LogP contribution in [0, 0.1) is 5.82 Å². The summed E-state index contributed by atoms with van der Waals surface area (Å²) in [6, 6.07) is 6.69. The van der Waals surface area contributed by atoms with E-state index in [2.05, 4.69) is 4.99 Å². The maximum Gasteiger partial charge on any atom is 0.137 e. The van der Waals surface area contributed by atoms with Crippen LogP contribution in [0.2, 0.25) is 0 Å². The molecule has 12 heavy (non-hydrogen) atoms. The number of nitrogens with zero attached hydrogens (tertiary/aromatic N) is 1. The smallest absolute Gasteiger partial charge is 0.137 e. The van der Waals surface area contributed by atoms with Gasteiger partial charge in [0, 0.05) is 11.9 Å². The zero-order valence-electron chi connectivity index (χ0n) is 7.04. The second-order valence-electron chi connectivity index (χ2n) is 2.28. The fourth-order valence-corrected chi connectivity index (χ4v) is 1.45. The van der Waals surface area contributed by atoms with E-state index >= 15 is 0 Å². The van der Waals surface area contributed by atoms with Crippen molar-refractivity contribution in [2.24, 2.45) is 4.99 Å². The molecule has 1 aromatic rings. The summed E-state index contributed by atoms with van der Waals surface area (Å²) in [7, 11) is 1.70. The molecule has 3 heteroatoms. The molecule has 0 aliphatic rings. The summed E-state index contributed by atoms with van der Waals surface area (Å²) in [4.78, 5) is 4.56. The van der Waals surface area contributed by atoms with Crippen molar-refractivity contribution < 1.29 is 4.39 Å². The largest absolute Gasteiger partial charge is 0.286 e. The van der Waals surface area contributed by atoms with Crippen LogP contribution in [0.1, 0.15) is 6.92 Å². The average Bonchev–Trinajstić information content (AvgIpc) is 2.09. The topological polar surface area (TPSA) is 12.4 Å². The molecule has 0 bridgehead atoms. The lowest BCUT2D eigenvalue weighted by Crippen LogP contribution is -1.85. The molecule has 64 valence electrons. The van der Waals surface area contributed by atoms with E-state index in [1.807, 2.05) is 13.0 Å². The minimum absolute atomic E-state index is 0.189. The van der Waals surface area contributed by atoms with Gasteiger partial charge in [-0.05, 0) is 19.1 Å². The number of benzene rings is 1. The minimum atomic E-state index is -0.189. The molecular weight excluding hydrogens is 173 g/mol. The summed E-state index contributed by atoms with van der Waals surface area (Å²) < 4.78 is 13.0. The fraction of sp³-hybridized carbons (Fsp3) is 0.222. The Morgan fingerprint density at radius 2 is 2.08 bits per heavy atom. The molecule has 0 fully saturated rings. The Kier molecular flexibility index (Phi) is 3.29. The first-order valence-electron chi connectivity index (χ1n) is 3.60. The molecule has 0 aliphatic heterocycles. The third-order valence-electron chi connectivity index (χ3n) is 1.41. The Bertz CT molecular complexity index is 296. The average molecular weight is 183 g/mol. The zero-order valence-corrected chi connectivity index (χ0v) is 7.86. The van der Waals surface area contributed by atoms with E-state index in [-0.39, 0.29) is 5.82 Å². The third kappa shape index (κ3) is 2.34. The van der Waals surface area contributed by atoms with Crippen molar-refractivity contribution in [3.63, 3.8) is 0 Å². The molecule has 0 atom stereocenters. The van der Waals surface area contributed by atoms with Gasteiger partial charge in [0.1, 0.15) is 5.82 Å². The number of aliphatic imine (C=N–C) groups is 1. The second kappa shape index (κ2) is 4.26. The fourth-order valence-electron chi connectivity index (χ4n) is 0.732. The van der Waals surface area contributed by atoms with E-state index in [4.69, 9.17) is 0 Å². The molecule has 0 spiro atoms. The molecule has 0 aliphatic carbocycles. The maximum absolute atomic E-state index is 13.0. The van der Waals surface area contributed by atoms with Crippen LogP contribution in [0.5, 0.6) is 0 Å². The number of hydrogen-bond acceptors (Lipinski definition) is 2. The molecule has 1 aromatic carbocycles. The molecule has 1 nitrogen and oxygen atoms in total. The summed E-state index contributed by atoms with van der Waals surface area (Å²) in [5.41, 5.74) is 0. The Morgan fingerprint density at radius 3 is 2.67 bits per heavy atom. The normalized spacial score (nSPS) is 11.8. The Morgan fingerprint density at radius 1 is 1.42 bits per heavy atom. The molecule has 0 saturated heterocycles. The summed E-state index contributed by atoms with van der Waals surface area (Å²) in [6.07, 6.45) is 0. The highest BCUT2D eigenvalue weighted by Gasteiger charge is 2.01. The SMILES string of the molecule is CN=C(C)Sc1ccccc1F. The maximum atomic E-state index is 13.0. The summed E-state index contributed by atoms with van der Waals surface area (Å²) in [6.45, 7) is 1.86. The van der Waals surface area contributed by atoms with Gasteiger partial charge in [0.25, 0.3) is 0 Å². The molecule has 0 unspecified atom stereocenters. The van der Waals surface area contributed by atoms with Gasteiger partial charge in [-0.15, -0.1) is 0 Å². The van der Waals surface area contributed by atoms with E-state index in [1.54, 1.807) is 19.2 Å². The molecule has 1 rings (SSSR count). The van der Waals surface area contributed by atoms with Crippen molar-refractivity contribution in [2.75, 3.05) is 7.05 Å². The predicted molar refractivity (Wildman–Crippen MR) is 51.3 cm³/mol. The van der Waals surface area contributed by atoms with Crippen molar-refractivity contribution in [3.8, 4) is 0 Å².